The standard InChI is InChI=1S/C42H45Cl2N3O6/c1-50-36-13-12-31(22-38(36)51-2)37(23-33-34(43)24-45-25-35(33)44)52-40(48)30-10-8-28(9-11-30)26-47-20-16-42(17-21-47,32-6-4-3-5-7-32)41(49)53-39-27-46-18-14-29(39)15-19-46/h3-13,22,24-25,29,37,39H,14-21,23,26-27H2,1-2H3/p+1/t37-,39-/m0/s1. The fraction of sp³-hybridized carbons (Fsp3) is 0.405. The number of fused-ring (bicyclic) bond motifs is 3. The van der Waals surface area contributed by atoms with E-state index in [-0.39, 0.29) is 18.5 Å². The van der Waals surface area contributed by atoms with Crippen molar-refractivity contribution in [3.63, 3.8) is 0 Å². The molecule has 4 saturated heterocycles. The topological polar surface area (TPSA) is 91.7 Å². The van der Waals surface area contributed by atoms with Gasteiger partial charge in [0, 0.05) is 25.1 Å². The number of ether oxygens (including phenoxy) is 4. The minimum Gasteiger partial charge on any atom is -0.493 e. The number of aromatic nitrogens is 1. The van der Waals surface area contributed by atoms with Gasteiger partial charge in [-0.1, -0.05) is 71.7 Å². The van der Waals surface area contributed by atoms with Crippen LogP contribution in [0.2, 0.25) is 10.0 Å². The SMILES string of the molecule is COc1ccc([C@H](Cc2c(Cl)c[nH+]cc2Cl)OC(=O)c2ccc(CN3CCC(C(=O)O[C@H]4CN5CCC4CC5)(c4ccccc4)CC3)cc2)cc1OC. The highest BCUT2D eigenvalue weighted by molar-refractivity contribution is 6.35. The van der Waals surface area contributed by atoms with Gasteiger partial charge in [-0.3, -0.25) is 14.6 Å². The number of carbonyl (C=O) groups is 2. The molecule has 0 spiro atoms. The summed E-state index contributed by atoms with van der Waals surface area (Å²) in [6.07, 6.45) is 6.39. The zero-order chi connectivity index (χ0) is 37.0. The van der Waals surface area contributed by atoms with Crippen molar-refractivity contribution in [2.24, 2.45) is 5.92 Å². The van der Waals surface area contributed by atoms with Crippen LogP contribution in [0.25, 0.3) is 0 Å². The van der Waals surface area contributed by atoms with Gasteiger partial charge in [0.1, 0.15) is 22.3 Å². The minimum atomic E-state index is -0.713. The molecule has 53 heavy (non-hydrogen) atoms. The van der Waals surface area contributed by atoms with Gasteiger partial charge in [0.05, 0.1) is 25.2 Å². The number of piperidine rings is 4. The number of esters is 2. The summed E-state index contributed by atoms with van der Waals surface area (Å²) in [5.41, 5.74) is 3.23. The van der Waals surface area contributed by atoms with E-state index in [9.17, 15) is 9.59 Å². The molecule has 3 aromatic carbocycles. The number of halogens is 2. The highest BCUT2D eigenvalue weighted by Crippen LogP contribution is 2.40. The second kappa shape index (κ2) is 16.5. The van der Waals surface area contributed by atoms with Crippen LogP contribution in [-0.4, -0.2) is 74.8 Å². The van der Waals surface area contributed by atoms with E-state index in [0.717, 1.165) is 56.7 Å². The third-order valence-electron chi connectivity index (χ3n) is 11.3. The number of rotatable bonds is 12. The van der Waals surface area contributed by atoms with E-state index in [0.29, 0.717) is 63.5 Å². The van der Waals surface area contributed by atoms with E-state index < -0.39 is 17.5 Å². The Bertz CT molecular complexity index is 1870. The molecule has 0 unspecified atom stereocenters. The predicted molar refractivity (Wildman–Crippen MR) is 203 cm³/mol. The molecule has 0 amide bonds. The monoisotopic (exact) mass is 758 g/mol. The van der Waals surface area contributed by atoms with E-state index in [1.165, 1.54) is 0 Å². The molecule has 4 aliphatic rings. The first-order valence-corrected chi connectivity index (χ1v) is 19.1. The Morgan fingerprint density at radius 1 is 0.868 bits per heavy atom. The van der Waals surface area contributed by atoms with Crippen LogP contribution in [-0.2, 0) is 32.6 Å². The van der Waals surface area contributed by atoms with Crippen molar-refractivity contribution in [1.82, 2.24) is 9.80 Å². The molecule has 9 nitrogen and oxygen atoms in total. The Balaban J connectivity index is 1.02. The molecule has 1 N–H and O–H groups in total. The molecule has 4 fully saturated rings. The summed E-state index contributed by atoms with van der Waals surface area (Å²) in [5, 5.41) is 0.876. The number of H-pyrrole nitrogens is 1. The smallest absolute Gasteiger partial charge is 0.338 e. The van der Waals surface area contributed by atoms with Gasteiger partial charge in [0.2, 0.25) is 0 Å². The fourth-order valence-electron chi connectivity index (χ4n) is 8.09. The molecule has 0 saturated carbocycles. The highest BCUT2D eigenvalue weighted by atomic mass is 35.5. The van der Waals surface area contributed by atoms with Gasteiger partial charge in [0.25, 0.3) is 0 Å². The van der Waals surface area contributed by atoms with Crippen LogP contribution in [0.15, 0.2) is 85.2 Å². The third kappa shape index (κ3) is 8.19. The molecule has 11 heteroatoms. The summed E-state index contributed by atoms with van der Waals surface area (Å²) < 4.78 is 23.4. The molecular weight excluding hydrogens is 713 g/mol. The van der Waals surface area contributed by atoms with Gasteiger partial charge in [-0.15, -0.1) is 0 Å². The molecule has 4 aromatic rings. The number of aromatic amines is 1. The minimum absolute atomic E-state index is 0.0178. The first-order valence-electron chi connectivity index (χ1n) is 18.3. The van der Waals surface area contributed by atoms with Crippen molar-refractivity contribution in [3.8, 4) is 11.5 Å². The zero-order valence-corrected chi connectivity index (χ0v) is 31.7. The van der Waals surface area contributed by atoms with Gasteiger partial charge in [0.15, 0.2) is 23.9 Å². The summed E-state index contributed by atoms with van der Waals surface area (Å²) in [5.74, 6) is 0.989. The molecule has 4 aliphatic heterocycles. The van der Waals surface area contributed by atoms with Crippen molar-refractivity contribution in [2.75, 3.05) is 46.9 Å². The fourth-order valence-corrected chi connectivity index (χ4v) is 8.63. The highest BCUT2D eigenvalue weighted by Gasteiger charge is 2.47. The van der Waals surface area contributed by atoms with E-state index >= 15 is 0 Å². The third-order valence-corrected chi connectivity index (χ3v) is 12.0. The van der Waals surface area contributed by atoms with Crippen LogP contribution in [0.5, 0.6) is 11.5 Å². The maximum Gasteiger partial charge on any atom is 0.338 e. The summed E-state index contributed by atoms with van der Waals surface area (Å²) in [4.78, 5) is 35.4. The lowest BCUT2D eigenvalue weighted by Crippen LogP contribution is -2.54. The first-order chi connectivity index (χ1) is 25.8. The predicted octanol–water partition coefficient (Wildman–Crippen LogP) is 7.14. The van der Waals surface area contributed by atoms with Gasteiger partial charge in [-0.25, -0.2) is 9.78 Å². The summed E-state index contributed by atoms with van der Waals surface area (Å²) in [6, 6.07) is 23.1. The molecule has 0 aliphatic carbocycles. The molecule has 8 rings (SSSR count). The number of benzene rings is 3. The van der Waals surface area contributed by atoms with Crippen LogP contribution in [0, 0.1) is 5.92 Å². The van der Waals surface area contributed by atoms with Crippen LogP contribution < -0.4 is 14.5 Å². The largest absolute Gasteiger partial charge is 0.493 e. The Kier molecular flexibility index (Phi) is 11.6. The number of nitrogens with zero attached hydrogens (tertiary/aromatic N) is 2. The Morgan fingerprint density at radius 3 is 2.17 bits per heavy atom. The molecule has 5 heterocycles. The number of carbonyl (C=O) groups excluding carboxylic acids is 2. The number of methoxy groups -OCH3 is 2. The molecule has 2 bridgehead atoms. The molecular formula is C42H46Cl2N3O6+. The summed E-state index contributed by atoms with van der Waals surface area (Å²) in [7, 11) is 3.12. The Hall–Kier alpha value is -4.15. The number of nitrogens with one attached hydrogen (secondary N) is 1. The van der Waals surface area contributed by atoms with Crippen molar-refractivity contribution < 1.29 is 33.5 Å². The lowest BCUT2D eigenvalue weighted by molar-refractivity contribution is -0.377. The van der Waals surface area contributed by atoms with Crippen molar-refractivity contribution >= 4 is 35.1 Å². The molecule has 0 radical (unpaired) electrons. The normalized spacial score (nSPS) is 21.4. The Labute approximate surface area is 321 Å². The van der Waals surface area contributed by atoms with Gasteiger partial charge < -0.3 is 18.9 Å². The summed E-state index contributed by atoms with van der Waals surface area (Å²) in [6.45, 7) is 5.27. The molecule has 2 atom stereocenters. The van der Waals surface area contributed by atoms with E-state index in [4.69, 9.17) is 42.1 Å². The van der Waals surface area contributed by atoms with Gasteiger partial charge in [-0.05, 0) is 98.7 Å². The number of pyridine rings is 1. The van der Waals surface area contributed by atoms with E-state index in [1.807, 2.05) is 36.4 Å². The average Bonchev–Trinajstić information content (AvgIpc) is 3.20. The molecule has 1 aromatic heterocycles. The Morgan fingerprint density at radius 2 is 1.55 bits per heavy atom. The zero-order valence-electron chi connectivity index (χ0n) is 30.2. The van der Waals surface area contributed by atoms with Crippen molar-refractivity contribution in [3.05, 3.63) is 123 Å². The second-order valence-electron chi connectivity index (χ2n) is 14.3. The lowest BCUT2D eigenvalue weighted by Gasteiger charge is -2.46. The van der Waals surface area contributed by atoms with Crippen LogP contribution in [0.1, 0.15) is 64.4 Å². The van der Waals surface area contributed by atoms with Crippen LogP contribution >= 0.6 is 23.2 Å². The number of hydrogen-bond acceptors (Lipinski definition) is 8. The van der Waals surface area contributed by atoms with Gasteiger partial charge in [-0.2, -0.15) is 0 Å². The summed E-state index contributed by atoms with van der Waals surface area (Å²) >= 11 is 13.0. The molecule has 278 valence electrons. The van der Waals surface area contributed by atoms with Crippen LogP contribution in [0.4, 0.5) is 0 Å². The number of hydrogen-bond donors (Lipinski definition) is 0. The van der Waals surface area contributed by atoms with E-state index in [1.54, 1.807) is 50.9 Å². The van der Waals surface area contributed by atoms with Gasteiger partial charge >= 0.3 is 11.9 Å². The van der Waals surface area contributed by atoms with Crippen molar-refractivity contribution in [2.45, 2.75) is 56.3 Å². The van der Waals surface area contributed by atoms with Crippen molar-refractivity contribution in [1.29, 1.82) is 0 Å². The average molecular weight is 760 g/mol. The maximum absolute atomic E-state index is 14.1. The second-order valence-corrected chi connectivity index (χ2v) is 15.2. The maximum atomic E-state index is 14.1. The first kappa shape index (κ1) is 37.2. The lowest BCUT2D eigenvalue weighted by atomic mass is 9.72. The van der Waals surface area contributed by atoms with E-state index in [2.05, 4.69) is 26.9 Å². The number of likely N-dealkylation sites (tertiary alicyclic amines) is 1. The van der Waals surface area contributed by atoms with Crippen LogP contribution in [0.3, 0.4) is 0 Å². The quantitative estimate of drug-likeness (QED) is 0.141.